The van der Waals surface area contributed by atoms with Crippen LogP contribution in [0.25, 0.3) is 17.0 Å². The van der Waals surface area contributed by atoms with Crippen molar-refractivity contribution < 1.29 is 19.2 Å². The van der Waals surface area contributed by atoms with Gasteiger partial charge < -0.3 is 14.5 Å². The highest BCUT2D eigenvalue weighted by Crippen LogP contribution is 2.36. The van der Waals surface area contributed by atoms with Crippen LogP contribution in [0.2, 0.25) is 0 Å². The molecule has 0 saturated carbocycles. The van der Waals surface area contributed by atoms with Gasteiger partial charge in [0.05, 0.1) is 22.1 Å². The van der Waals surface area contributed by atoms with Gasteiger partial charge >= 0.3 is 0 Å². The molecule has 41 heavy (non-hydrogen) atoms. The van der Waals surface area contributed by atoms with Gasteiger partial charge in [-0.25, -0.2) is 4.99 Å². The summed E-state index contributed by atoms with van der Waals surface area (Å²) in [5.41, 5.74) is 3.36. The Bertz CT molecular complexity index is 1700. The number of terminal acetylenes is 1. The number of amides is 1. The number of nitrogens with zero attached hydrogens (tertiary/aromatic N) is 3. The molecule has 1 fully saturated rings. The molecular formula is C31H26N4O5S. The number of hydrogen-bond donors (Lipinski definition) is 1. The second-order valence-electron chi connectivity index (χ2n) is 8.98. The van der Waals surface area contributed by atoms with Gasteiger partial charge in [0.2, 0.25) is 0 Å². The monoisotopic (exact) mass is 566 g/mol. The average Bonchev–Trinajstić information content (AvgIpc) is 3.52. The van der Waals surface area contributed by atoms with Crippen LogP contribution in [0.5, 0.6) is 11.5 Å². The minimum Gasteiger partial charge on any atom is -0.490 e. The van der Waals surface area contributed by atoms with Crippen LogP contribution >= 0.6 is 11.8 Å². The minimum absolute atomic E-state index is 0.0272. The number of rotatable bonds is 10. The molecule has 0 aliphatic carbocycles. The SMILES string of the molecule is C#CCOc1ccc(/C=C2\SC(=Nc3ccc([N+](=O)[O-])cc3)N(CCc3c[nH]c4ccccc34)C2=O)cc1OCC. The van der Waals surface area contributed by atoms with Crippen molar-refractivity contribution in [3.05, 3.63) is 99.1 Å². The zero-order valence-corrected chi connectivity index (χ0v) is 23.0. The zero-order chi connectivity index (χ0) is 28.8. The van der Waals surface area contributed by atoms with Crippen molar-refractivity contribution >= 4 is 51.2 Å². The number of carbonyl (C=O) groups excluding carboxylic acids is 1. The lowest BCUT2D eigenvalue weighted by molar-refractivity contribution is -0.384. The Morgan fingerprint density at radius 2 is 1.93 bits per heavy atom. The summed E-state index contributed by atoms with van der Waals surface area (Å²) in [6.07, 6.45) is 9.68. The Balaban J connectivity index is 1.45. The first-order valence-corrected chi connectivity index (χ1v) is 13.7. The number of aromatic amines is 1. The number of H-pyrrole nitrogens is 1. The minimum atomic E-state index is -0.460. The third kappa shape index (κ3) is 6.26. The number of hydrogen-bond acceptors (Lipinski definition) is 7. The summed E-state index contributed by atoms with van der Waals surface area (Å²) in [6.45, 7) is 2.83. The summed E-state index contributed by atoms with van der Waals surface area (Å²) < 4.78 is 11.3. The Labute approximate surface area is 241 Å². The molecule has 1 aromatic heterocycles. The van der Waals surface area contributed by atoms with Gasteiger partial charge in [0.25, 0.3) is 11.6 Å². The predicted octanol–water partition coefficient (Wildman–Crippen LogP) is 6.33. The number of aliphatic imine (C=N–C) groups is 1. The van der Waals surface area contributed by atoms with Crippen LogP contribution in [0.1, 0.15) is 18.1 Å². The Morgan fingerprint density at radius 1 is 1.12 bits per heavy atom. The number of benzene rings is 3. The Kier molecular flexibility index (Phi) is 8.36. The molecule has 1 aliphatic heterocycles. The standard InChI is InChI=1S/C31H26N4O5S/c1-3-17-40-27-14-9-21(18-28(27)39-4-2)19-29-30(36)34(16-15-22-20-32-26-8-6-5-7-25(22)26)31(41-29)33-23-10-12-24(13-11-23)35(37)38/h1,5-14,18-20,32H,4,15-17H2,2H3/b29-19-,33-31?. The van der Waals surface area contributed by atoms with E-state index in [9.17, 15) is 14.9 Å². The summed E-state index contributed by atoms with van der Waals surface area (Å²) in [4.78, 5) is 34.4. The molecule has 1 amide bonds. The fourth-order valence-electron chi connectivity index (χ4n) is 4.39. The molecule has 9 nitrogen and oxygen atoms in total. The van der Waals surface area contributed by atoms with Crippen molar-refractivity contribution in [2.24, 2.45) is 4.99 Å². The van der Waals surface area contributed by atoms with Gasteiger partial charge in [0.15, 0.2) is 16.7 Å². The number of nitro benzene ring substituents is 1. The highest BCUT2D eigenvalue weighted by atomic mass is 32.2. The van der Waals surface area contributed by atoms with Crippen molar-refractivity contribution in [3.8, 4) is 23.8 Å². The van der Waals surface area contributed by atoms with Gasteiger partial charge in [-0.05, 0) is 72.6 Å². The van der Waals surface area contributed by atoms with E-state index in [-0.39, 0.29) is 18.2 Å². The van der Waals surface area contributed by atoms with Gasteiger partial charge in [-0.2, -0.15) is 0 Å². The van der Waals surface area contributed by atoms with Gasteiger partial charge in [0.1, 0.15) is 6.61 Å². The molecule has 0 unspecified atom stereocenters. The smallest absolute Gasteiger partial charge is 0.269 e. The van der Waals surface area contributed by atoms with E-state index in [2.05, 4.69) is 15.9 Å². The molecule has 5 rings (SSSR count). The van der Waals surface area contributed by atoms with Crippen molar-refractivity contribution in [2.75, 3.05) is 19.8 Å². The van der Waals surface area contributed by atoms with Gasteiger partial charge in [0, 0.05) is 35.8 Å². The van der Waals surface area contributed by atoms with Crippen LogP contribution in [0.4, 0.5) is 11.4 Å². The highest BCUT2D eigenvalue weighted by Gasteiger charge is 2.33. The highest BCUT2D eigenvalue weighted by molar-refractivity contribution is 8.18. The summed E-state index contributed by atoms with van der Waals surface area (Å²) >= 11 is 1.25. The molecule has 1 N–H and O–H groups in total. The maximum atomic E-state index is 13.7. The average molecular weight is 567 g/mol. The first kappa shape index (κ1) is 27.6. The molecule has 2 heterocycles. The number of fused-ring (bicyclic) bond motifs is 1. The molecule has 0 spiro atoms. The number of thioether (sulfide) groups is 1. The topological polar surface area (TPSA) is 110 Å². The van der Waals surface area contributed by atoms with Crippen molar-refractivity contribution in [2.45, 2.75) is 13.3 Å². The molecule has 10 heteroatoms. The van der Waals surface area contributed by atoms with Crippen LogP contribution < -0.4 is 9.47 Å². The largest absolute Gasteiger partial charge is 0.490 e. The van der Waals surface area contributed by atoms with E-state index in [0.29, 0.717) is 46.8 Å². The number of carbonyl (C=O) groups is 1. The number of non-ortho nitro benzene ring substituents is 1. The van der Waals surface area contributed by atoms with Crippen LogP contribution in [0, 0.1) is 22.5 Å². The second-order valence-corrected chi connectivity index (χ2v) is 9.99. The number of ether oxygens (including phenoxy) is 2. The van der Waals surface area contributed by atoms with E-state index in [1.54, 1.807) is 35.2 Å². The van der Waals surface area contributed by atoms with Crippen molar-refractivity contribution in [1.29, 1.82) is 0 Å². The van der Waals surface area contributed by atoms with Crippen LogP contribution in [0.3, 0.4) is 0 Å². The molecule has 1 saturated heterocycles. The molecule has 0 radical (unpaired) electrons. The maximum absolute atomic E-state index is 13.7. The lowest BCUT2D eigenvalue weighted by Crippen LogP contribution is -2.31. The summed E-state index contributed by atoms with van der Waals surface area (Å²) in [5.74, 6) is 3.32. The van der Waals surface area contributed by atoms with Gasteiger partial charge in [-0.15, -0.1) is 6.42 Å². The molecule has 206 valence electrons. The van der Waals surface area contributed by atoms with Gasteiger partial charge in [-0.3, -0.25) is 19.8 Å². The van der Waals surface area contributed by atoms with Crippen LogP contribution in [-0.4, -0.2) is 45.6 Å². The lowest BCUT2D eigenvalue weighted by atomic mass is 10.1. The molecule has 0 bridgehead atoms. The third-order valence-corrected chi connectivity index (χ3v) is 7.34. The van der Waals surface area contributed by atoms with E-state index in [4.69, 9.17) is 15.9 Å². The zero-order valence-electron chi connectivity index (χ0n) is 22.2. The fourth-order valence-corrected chi connectivity index (χ4v) is 5.42. The Hall–Kier alpha value is -5.01. The van der Waals surface area contributed by atoms with E-state index in [1.165, 1.54) is 23.9 Å². The first-order chi connectivity index (χ1) is 20.0. The van der Waals surface area contributed by atoms with E-state index < -0.39 is 4.92 Å². The van der Waals surface area contributed by atoms with E-state index >= 15 is 0 Å². The third-order valence-electron chi connectivity index (χ3n) is 6.33. The van der Waals surface area contributed by atoms with Crippen molar-refractivity contribution in [3.63, 3.8) is 0 Å². The number of aromatic nitrogens is 1. The maximum Gasteiger partial charge on any atom is 0.269 e. The number of para-hydroxylation sites is 1. The molecule has 4 aromatic rings. The second kappa shape index (κ2) is 12.4. The normalized spacial score (nSPS) is 15.0. The van der Waals surface area contributed by atoms with Crippen LogP contribution in [0.15, 0.2) is 82.8 Å². The Morgan fingerprint density at radius 3 is 2.68 bits per heavy atom. The lowest BCUT2D eigenvalue weighted by Gasteiger charge is -2.15. The van der Waals surface area contributed by atoms with E-state index in [1.807, 2.05) is 43.5 Å². The van der Waals surface area contributed by atoms with Gasteiger partial charge in [-0.1, -0.05) is 30.2 Å². The van der Waals surface area contributed by atoms with E-state index in [0.717, 1.165) is 22.0 Å². The summed E-state index contributed by atoms with van der Waals surface area (Å²) in [5, 5.41) is 12.7. The molecule has 3 aromatic carbocycles. The fraction of sp³-hybridized carbons (Fsp3) is 0.161. The number of amidine groups is 1. The number of nitro groups is 1. The summed E-state index contributed by atoms with van der Waals surface area (Å²) in [7, 11) is 0. The molecular weight excluding hydrogens is 540 g/mol. The van der Waals surface area contributed by atoms with Crippen LogP contribution in [-0.2, 0) is 11.2 Å². The number of nitrogens with one attached hydrogen (secondary N) is 1. The first-order valence-electron chi connectivity index (χ1n) is 12.9. The summed E-state index contributed by atoms with van der Waals surface area (Å²) in [6, 6.07) is 19.3. The van der Waals surface area contributed by atoms with Crippen molar-refractivity contribution in [1.82, 2.24) is 9.88 Å². The quantitative estimate of drug-likeness (QED) is 0.104. The molecule has 0 atom stereocenters. The predicted molar refractivity (Wildman–Crippen MR) is 161 cm³/mol. The molecule has 1 aliphatic rings.